The standard InChI is InChI=1S/C18H32O15/c1-4-7(21)9(23)11(25)15(30-4)18(29)14(27)8(22)5(2-19)32-17(18)33-13-6(3-20)31-16(28)12(26)10(13)24/h4-17,19-29H,2-3H2,1H3/t4?,5?,6?,7?,8?,9?,10?,11?,12?,13?,14?,15?,16?,17?,18-/m0/s1. The van der Waals surface area contributed by atoms with Gasteiger partial charge in [0.05, 0.1) is 19.3 Å². The number of ether oxygens (including phenoxy) is 4. The molecule has 3 heterocycles. The molecule has 3 fully saturated rings. The molecule has 0 saturated carbocycles. The minimum Gasteiger partial charge on any atom is -0.394 e. The van der Waals surface area contributed by atoms with Crippen LogP contribution in [0.4, 0.5) is 0 Å². The lowest BCUT2D eigenvalue weighted by Crippen LogP contribution is -2.77. The lowest BCUT2D eigenvalue weighted by Gasteiger charge is -2.55. The zero-order valence-corrected chi connectivity index (χ0v) is 17.5. The molecule has 0 aromatic rings. The largest absolute Gasteiger partial charge is 0.394 e. The van der Waals surface area contributed by atoms with E-state index in [0.29, 0.717) is 0 Å². The average Bonchev–Trinajstić information content (AvgIpc) is 2.80. The van der Waals surface area contributed by atoms with E-state index in [2.05, 4.69) is 0 Å². The highest BCUT2D eigenvalue weighted by Gasteiger charge is 2.65. The van der Waals surface area contributed by atoms with E-state index in [-0.39, 0.29) is 0 Å². The maximum absolute atomic E-state index is 11.5. The Balaban J connectivity index is 1.99. The zero-order chi connectivity index (χ0) is 24.8. The van der Waals surface area contributed by atoms with Crippen molar-refractivity contribution in [3.8, 4) is 0 Å². The molecule has 33 heavy (non-hydrogen) atoms. The zero-order valence-electron chi connectivity index (χ0n) is 17.5. The molecule has 15 heteroatoms. The molecule has 3 saturated heterocycles. The summed E-state index contributed by atoms with van der Waals surface area (Å²) in [6.45, 7) is -0.405. The highest BCUT2D eigenvalue weighted by Crippen LogP contribution is 2.41. The van der Waals surface area contributed by atoms with Gasteiger partial charge < -0.3 is 75.1 Å². The lowest BCUT2D eigenvalue weighted by molar-refractivity contribution is -0.406. The Hall–Kier alpha value is -0.600. The SMILES string of the molecule is CC1OC([C@]2(O)C(OC3C(CO)OC(O)C(O)C3O)OC(CO)C(O)C2O)C(O)C(O)C1O. The molecule has 194 valence electrons. The minimum atomic E-state index is -2.89. The van der Waals surface area contributed by atoms with E-state index >= 15 is 0 Å². The van der Waals surface area contributed by atoms with Gasteiger partial charge in [0.2, 0.25) is 0 Å². The molecule has 0 aliphatic carbocycles. The first-order valence-electron chi connectivity index (χ1n) is 10.4. The summed E-state index contributed by atoms with van der Waals surface area (Å²) in [5, 5.41) is 112. The van der Waals surface area contributed by atoms with Crippen molar-refractivity contribution >= 4 is 0 Å². The third kappa shape index (κ3) is 4.53. The van der Waals surface area contributed by atoms with Gasteiger partial charge in [-0.15, -0.1) is 0 Å². The smallest absolute Gasteiger partial charge is 0.192 e. The molecule has 11 N–H and O–H groups in total. The van der Waals surface area contributed by atoms with Crippen LogP contribution < -0.4 is 0 Å². The molecule has 0 amide bonds. The number of aliphatic hydroxyl groups is 11. The molecular formula is C18H32O15. The van der Waals surface area contributed by atoms with E-state index in [0.717, 1.165) is 0 Å². The van der Waals surface area contributed by atoms with E-state index in [1.165, 1.54) is 6.92 Å². The van der Waals surface area contributed by atoms with Crippen molar-refractivity contribution in [2.24, 2.45) is 0 Å². The molecule has 0 aromatic carbocycles. The lowest BCUT2D eigenvalue weighted by atomic mass is 9.76. The van der Waals surface area contributed by atoms with Crippen LogP contribution in [0.25, 0.3) is 0 Å². The van der Waals surface area contributed by atoms with Crippen molar-refractivity contribution in [1.29, 1.82) is 0 Å². The van der Waals surface area contributed by atoms with Crippen LogP contribution in [0.1, 0.15) is 6.92 Å². The second-order valence-corrected chi connectivity index (χ2v) is 8.57. The van der Waals surface area contributed by atoms with E-state index in [1.54, 1.807) is 0 Å². The third-order valence-electron chi connectivity index (χ3n) is 6.46. The predicted octanol–water partition coefficient (Wildman–Crippen LogP) is -7.16. The molecule has 0 aromatic heterocycles. The summed E-state index contributed by atoms with van der Waals surface area (Å²) in [4.78, 5) is 0. The van der Waals surface area contributed by atoms with Gasteiger partial charge in [-0.1, -0.05) is 0 Å². The van der Waals surface area contributed by atoms with Gasteiger partial charge in [0.15, 0.2) is 18.2 Å². The molecular weight excluding hydrogens is 456 g/mol. The Labute approximate surface area is 187 Å². The summed E-state index contributed by atoms with van der Waals surface area (Å²) >= 11 is 0. The molecule has 3 aliphatic rings. The van der Waals surface area contributed by atoms with Crippen molar-refractivity contribution in [1.82, 2.24) is 0 Å². The summed E-state index contributed by atoms with van der Waals surface area (Å²) in [6, 6.07) is 0. The minimum absolute atomic E-state index is 0.838. The average molecular weight is 488 g/mol. The van der Waals surface area contributed by atoms with E-state index in [9.17, 15) is 56.2 Å². The van der Waals surface area contributed by atoms with Gasteiger partial charge in [-0.25, -0.2) is 0 Å². The van der Waals surface area contributed by atoms with E-state index in [1.807, 2.05) is 0 Å². The van der Waals surface area contributed by atoms with Crippen LogP contribution in [0.2, 0.25) is 0 Å². The maximum Gasteiger partial charge on any atom is 0.192 e. The normalized spacial score (nSPS) is 56.0. The maximum atomic E-state index is 11.5. The van der Waals surface area contributed by atoms with Crippen LogP contribution in [-0.4, -0.2) is 161 Å². The van der Waals surface area contributed by atoms with Gasteiger partial charge in [0, 0.05) is 0 Å². The van der Waals surface area contributed by atoms with Crippen molar-refractivity contribution in [2.75, 3.05) is 13.2 Å². The van der Waals surface area contributed by atoms with Gasteiger partial charge in [0.1, 0.15) is 67.1 Å². The van der Waals surface area contributed by atoms with Crippen LogP contribution in [0.3, 0.4) is 0 Å². The van der Waals surface area contributed by atoms with Gasteiger partial charge >= 0.3 is 0 Å². The monoisotopic (exact) mass is 488 g/mol. The molecule has 3 aliphatic heterocycles. The predicted molar refractivity (Wildman–Crippen MR) is 99.9 cm³/mol. The quantitative estimate of drug-likeness (QED) is 0.172. The van der Waals surface area contributed by atoms with Gasteiger partial charge in [-0.05, 0) is 6.92 Å². The Kier molecular flexibility index (Phi) is 8.32. The Morgan fingerprint density at radius 3 is 1.88 bits per heavy atom. The number of aliphatic hydroxyl groups excluding tert-OH is 10. The number of rotatable bonds is 5. The number of hydrogen-bond donors (Lipinski definition) is 11. The Morgan fingerprint density at radius 1 is 0.697 bits per heavy atom. The first-order valence-corrected chi connectivity index (χ1v) is 10.4. The van der Waals surface area contributed by atoms with Crippen LogP contribution in [0.15, 0.2) is 0 Å². The van der Waals surface area contributed by atoms with E-state index < -0.39 is 105 Å². The topological polar surface area (TPSA) is 259 Å². The summed E-state index contributed by atoms with van der Waals surface area (Å²) in [5.41, 5.74) is -2.89. The molecule has 0 radical (unpaired) electrons. The summed E-state index contributed by atoms with van der Waals surface area (Å²) < 4.78 is 21.3. The van der Waals surface area contributed by atoms with Crippen molar-refractivity contribution in [3.05, 3.63) is 0 Å². The fourth-order valence-corrected chi connectivity index (χ4v) is 4.37. The molecule has 0 bridgehead atoms. The highest BCUT2D eigenvalue weighted by atomic mass is 16.7. The molecule has 15 atom stereocenters. The molecule has 14 unspecified atom stereocenters. The van der Waals surface area contributed by atoms with Crippen LogP contribution >= 0.6 is 0 Å². The highest BCUT2D eigenvalue weighted by molar-refractivity contribution is 5.11. The second kappa shape index (κ2) is 10.2. The van der Waals surface area contributed by atoms with Crippen LogP contribution in [-0.2, 0) is 18.9 Å². The summed E-state index contributed by atoms with van der Waals surface area (Å²) in [5.74, 6) is 0. The van der Waals surface area contributed by atoms with Crippen LogP contribution in [0, 0.1) is 0 Å². The van der Waals surface area contributed by atoms with Crippen molar-refractivity contribution in [3.63, 3.8) is 0 Å². The Morgan fingerprint density at radius 2 is 1.30 bits per heavy atom. The Bertz CT molecular complexity index is 650. The summed E-state index contributed by atoms with van der Waals surface area (Å²) in [7, 11) is 0. The second-order valence-electron chi connectivity index (χ2n) is 8.57. The summed E-state index contributed by atoms with van der Waals surface area (Å²) in [6.07, 6.45) is -25.3. The van der Waals surface area contributed by atoms with Crippen molar-refractivity contribution < 1.29 is 75.1 Å². The van der Waals surface area contributed by atoms with Crippen LogP contribution in [0.5, 0.6) is 0 Å². The molecule has 3 rings (SSSR count). The van der Waals surface area contributed by atoms with Gasteiger partial charge in [0.25, 0.3) is 0 Å². The fraction of sp³-hybridized carbons (Fsp3) is 1.00. The molecule has 15 nitrogen and oxygen atoms in total. The first-order chi connectivity index (χ1) is 15.4. The van der Waals surface area contributed by atoms with E-state index in [4.69, 9.17) is 18.9 Å². The number of hydrogen-bond acceptors (Lipinski definition) is 15. The van der Waals surface area contributed by atoms with Gasteiger partial charge in [-0.2, -0.15) is 0 Å². The van der Waals surface area contributed by atoms with Crippen molar-refractivity contribution in [2.45, 2.75) is 98.4 Å². The third-order valence-corrected chi connectivity index (χ3v) is 6.46. The fourth-order valence-electron chi connectivity index (χ4n) is 4.37. The molecule has 0 spiro atoms. The van der Waals surface area contributed by atoms with Gasteiger partial charge in [-0.3, -0.25) is 0 Å². The first kappa shape index (κ1) is 27.0.